The molecule has 0 unspecified atom stereocenters. The Bertz CT molecular complexity index is 1720. The highest BCUT2D eigenvalue weighted by Crippen LogP contribution is 2.26. The molecule has 0 saturated carbocycles. The summed E-state index contributed by atoms with van der Waals surface area (Å²) in [5.74, 6) is -1.83. The predicted molar refractivity (Wildman–Crippen MR) is 139 cm³/mol. The minimum Gasteiger partial charge on any atom is -0.462 e. The largest absolute Gasteiger partial charge is 0.462 e. The Hall–Kier alpha value is -4.85. The number of fused-ring (bicyclic) bond motifs is 2. The molecular formula is C29H24N4O4. The Balaban J connectivity index is 1.79. The molecule has 0 spiro atoms. The third-order valence-electron chi connectivity index (χ3n) is 6.14. The Kier molecular flexibility index (Phi) is 6.47. The van der Waals surface area contributed by atoms with Gasteiger partial charge in [0.2, 0.25) is 0 Å². The lowest BCUT2D eigenvalue weighted by atomic mass is 9.91. The van der Waals surface area contributed by atoms with Crippen LogP contribution in [0.5, 0.6) is 0 Å². The number of aromatic nitrogens is 3. The Morgan fingerprint density at radius 1 is 0.946 bits per heavy atom. The minimum absolute atomic E-state index is 0.0138. The van der Waals surface area contributed by atoms with Gasteiger partial charge in [0.1, 0.15) is 16.9 Å². The Morgan fingerprint density at radius 2 is 1.57 bits per heavy atom. The van der Waals surface area contributed by atoms with E-state index in [1.54, 1.807) is 38.4 Å². The van der Waals surface area contributed by atoms with Crippen LogP contribution in [0.2, 0.25) is 0 Å². The van der Waals surface area contributed by atoms with Crippen molar-refractivity contribution in [1.29, 1.82) is 0 Å². The summed E-state index contributed by atoms with van der Waals surface area (Å²) in [6.07, 6.45) is 1.61. The van der Waals surface area contributed by atoms with Crippen molar-refractivity contribution in [3.05, 3.63) is 124 Å². The fourth-order valence-electron chi connectivity index (χ4n) is 4.39. The molecule has 0 fully saturated rings. The van der Waals surface area contributed by atoms with Gasteiger partial charge in [-0.2, -0.15) is 4.99 Å². The minimum atomic E-state index is -0.691. The van der Waals surface area contributed by atoms with Gasteiger partial charge in [-0.3, -0.25) is 14.0 Å². The summed E-state index contributed by atoms with van der Waals surface area (Å²) >= 11 is 0. The summed E-state index contributed by atoms with van der Waals surface area (Å²) in [5.41, 5.74) is 2.01. The van der Waals surface area contributed by atoms with E-state index in [0.717, 1.165) is 11.1 Å². The van der Waals surface area contributed by atoms with E-state index in [1.807, 2.05) is 60.7 Å². The number of carbonyl (C=O) groups is 2. The van der Waals surface area contributed by atoms with Gasteiger partial charge in [-0.15, -0.1) is 0 Å². The van der Waals surface area contributed by atoms with Crippen molar-refractivity contribution in [3.8, 4) is 0 Å². The van der Waals surface area contributed by atoms with Crippen LogP contribution in [0, 0.1) is 0 Å². The third-order valence-corrected chi connectivity index (χ3v) is 6.14. The molecule has 8 nitrogen and oxygen atoms in total. The molecule has 5 rings (SSSR count). The molecule has 0 aliphatic rings. The first-order valence-corrected chi connectivity index (χ1v) is 11.9. The summed E-state index contributed by atoms with van der Waals surface area (Å²) in [6.45, 7) is 1.81. The van der Waals surface area contributed by atoms with Gasteiger partial charge in [0.15, 0.2) is 5.49 Å². The van der Waals surface area contributed by atoms with Gasteiger partial charge in [0.05, 0.1) is 17.9 Å². The van der Waals surface area contributed by atoms with Crippen LogP contribution in [0.4, 0.5) is 0 Å². The van der Waals surface area contributed by atoms with Gasteiger partial charge in [0, 0.05) is 13.2 Å². The molecule has 5 aromatic rings. The fourth-order valence-corrected chi connectivity index (χ4v) is 4.39. The van der Waals surface area contributed by atoms with Crippen LogP contribution in [0.3, 0.4) is 0 Å². The van der Waals surface area contributed by atoms with Crippen LogP contribution in [-0.4, -0.2) is 32.4 Å². The average Bonchev–Trinajstić information content (AvgIpc) is 2.92. The highest BCUT2D eigenvalue weighted by molar-refractivity contribution is 5.94. The number of nitrogens with zero attached hydrogens (tertiary/aromatic N) is 4. The second-order valence-corrected chi connectivity index (χ2v) is 8.45. The van der Waals surface area contributed by atoms with Gasteiger partial charge in [-0.25, -0.2) is 9.78 Å². The Morgan fingerprint density at radius 3 is 2.19 bits per heavy atom. The molecule has 0 bridgehead atoms. The molecule has 0 aliphatic carbocycles. The van der Waals surface area contributed by atoms with Crippen molar-refractivity contribution in [2.24, 2.45) is 12.0 Å². The number of aryl methyl sites for hydroxylation is 1. The number of benzene rings is 2. The number of esters is 1. The molecule has 1 amide bonds. The predicted octanol–water partition coefficient (Wildman–Crippen LogP) is 3.62. The summed E-state index contributed by atoms with van der Waals surface area (Å²) in [4.78, 5) is 49.1. The maximum absolute atomic E-state index is 13.8. The van der Waals surface area contributed by atoms with Crippen LogP contribution in [0.15, 0.2) is 101 Å². The average molecular weight is 493 g/mol. The molecule has 8 heteroatoms. The zero-order valence-corrected chi connectivity index (χ0v) is 20.4. The standard InChI is InChI=1S/C29H24N4O4/c1-3-37-29(36)22-18-21-25(30-23-16-10-11-17-33(23)28(21)35)32(2)26(22)31-27(34)24(19-12-6-4-7-13-19)20-14-8-5-9-15-20/h4-18,24H,3H2,1-2H3. The number of hydrogen-bond acceptors (Lipinski definition) is 5. The molecule has 3 heterocycles. The first kappa shape index (κ1) is 23.9. The number of ether oxygens (including phenoxy) is 1. The van der Waals surface area contributed by atoms with Crippen LogP contribution in [-0.2, 0) is 16.6 Å². The highest BCUT2D eigenvalue weighted by Gasteiger charge is 2.24. The monoisotopic (exact) mass is 492 g/mol. The van der Waals surface area contributed by atoms with Gasteiger partial charge in [-0.05, 0) is 36.2 Å². The zero-order valence-electron chi connectivity index (χ0n) is 20.4. The molecule has 2 aromatic carbocycles. The number of rotatable bonds is 5. The summed E-state index contributed by atoms with van der Waals surface area (Å²) in [7, 11) is 1.63. The van der Waals surface area contributed by atoms with E-state index in [-0.39, 0.29) is 28.6 Å². The summed E-state index contributed by atoms with van der Waals surface area (Å²) < 4.78 is 8.16. The van der Waals surface area contributed by atoms with E-state index in [4.69, 9.17) is 4.74 Å². The molecule has 0 radical (unpaired) electrons. The quantitative estimate of drug-likeness (QED) is 0.276. The lowest BCUT2D eigenvalue weighted by Crippen LogP contribution is -2.32. The number of carbonyl (C=O) groups excluding carboxylic acids is 2. The summed E-state index contributed by atoms with van der Waals surface area (Å²) in [6, 6.07) is 25.3. The van der Waals surface area contributed by atoms with Crippen molar-refractivity contribution in [3.63, 3.8) is 0 Å². The van der Waals surface area contributed by atoms with Crippen LogP contribution in [0.1, 0.15) is 34.3 Å². The molecule has 0 N–H and O–H groups in total. The van der Waals surface area contributed by atoms with Gasteiger partial charge >= 0.3 is 5.97 Å². The van der Waals surface area contributed by atoms with E-state index in [0.29, 0.717) is 11.3 Å². The molecule has 3 aromatic heterocycles. The van der Waals surface area contributed by atoms with Crippen molar-refractivity contribution < 1.29 is 14.3 Å². The molecule has 0 atom stereocenters. The van der Waals surface area contributed by atoms with Crippen LogP contribution in [0.25, 0.3) is 16.7 Å². The van der Waals surface area contributed by atoms with Crippen LogP contribution >= 0.6 is 0 Å². The maximum Gasteiger partial charge on any atom is 0.341 e. The second-order valence-electron chi connectivity index (χ2n) is 8.45. The molecule has 184 valence electrons. The first-order chi connectivity index (χ1) is 18.0. The topological polar surface area (TPSA) is 95.0 Å². The first-order valence-electron chi connectivity index (χ1n) is 11.9. The summed E-state index contributed by atoms with van der Waals surface area (Å²) in [5, 5.41) is 0.211. The molecule has 37 heavy (non-hydrogen) atoms. The lowest BCUT2D eigenvalue weighted by Gasteiger charge is -2.15. The van der Waals surface area contributed by atoms with Crippen molar-refractivity contribution in [1.82, 2.24) is 14.0 Å². The van der Waals surface area contributed by atoms with Gasteiger partial charge in [-0.1, -0.05) is 66.7 Å². The molecule has 0 aliphatic heterocycles. The highest BCUT2D eigenvalue weighted by atomic mass is 16.5. The van der Waals surface area contributed by atoms with Crippen LogP contribution < -0.4 is 11.0 Å². The molecular weight excluding hydrogens is 468 g/mol. The van der Waals surface area contributed by atoms with E-state index >= 15 is 0 Å². The lowest BCUT2D eigenvalue weighted by molar-refractivity contribution is -0.118. The van der Waals surface area contributed by atoms with Crippen molar-refractivity contribution in [2.75, 3.05) is 6.61 Å². The zero-order chi connectivity index (χ0) is 25.9. The number of amides is 1. The fraction of sp³-hybridized carbons (Fsp3) is 0.138. The number of hydrogen-bond donors (Lipinski definition) is 0. The van der Waals surface area contributed by atoms with E-state index in [2.05, 4.69) is 9.98 Å². The number of pyridine rings is 2. The second kappa shape index (κ2) is 10.0. The van der Waals surface area contributed by atoms with Gasteiger partial charge < -0.3 is 9.30 Å². The molecule has 0 saturated heterocycles. The Labute approximate surface area is 212 Å². The van der Waals surface area contributed by atoms with Crippen molar-refractivity contribution >= 4 is 28.6 Å². The van der Waals surface area contributed by atoms with E-state index in [9.17, 15) is 14.4 Å². The SMILES string of the molecule is CCOC(=O)c1cc2c(=O)n3ccccc3nc2n(C)c1=NC(=O)C(c1ccccc1)c1ccccc1. The van der Waals surface area contributed by atoms with E-state index < -0.39 is 17.8 Å². The third kappa shape index (κ3) is 4.45. The maximum atomic E-state index is 13.8. The van der Waals surface area contributed by atoms with Crippen molar-refractivity contribution in [2.45, 2.75) is 12.8 Å². The normalized spacial score (nSPS) is 11.8. The smallest absolute Gasteiger partial charge is 0.341 e. The van der Waals surface area contributed by atoms with Gasteiger partial charge in [0.25, 0.3) is 11.5 Å². The van der Waals surface area contributed by atoms with E-state index in [1.165, 1.54) is 15.0 Å².